The average molecular weight is 297 g/mol. The highest BCUT2D eigenvalue weighted by Gasteiger charge is 2.08. The largest absolute Gasteiger partial charge is 0.395 e. The number of rotatable bonds is 14. The van der Waals surface area contributed by atoms with Gasteiger partial charge in [-0.3, -0.25) is 0 Å². The molecule has 0 amide bonds. The van der Waals surface area contributed by atoms with E-state index in [0.29, 0.717) is 0 Å². The molecule has 21 heavy (non-hydrogen) atoms. The maximum absolute atomic E-state index is 9.49. The second-order valence-corrected chi connectivity index (χ2v) is 5.77. The van der Waals surface area contributed by atoms with Gasteiger partial charge in [0, 0.05) is 0 Å². The van der Waals surface area contributed by atoms with Crippen LogP contribution in [0.5, 0.6) is 0 Å². The Morgan fingerprint density at radius 1 is 0.905 bits per heavy atom. The molecule has 0 saturated heterocycles. The maximum atomic E-state index is 9.49. The minimum Gasteiger partial charge on any atom is -0.395 e. The van der Waals surface area contributed by atoms with Crippen LogP contribution in [-0.4, -0.2) is 29.0 Å². The number of aliphatic hydroxyl groups excluding tert-OH is 2. The van der Waals surface area contributed by atoms with Crippen molar-refractivity contribution in [3.8, 4) is 0 Å². The molecule has 0 radical (unpaired) electrons. The predicted octanol–water partition coefficient (Wildman–Crippen LogP) is 3.70. The van der Waals surface area contributed by atoms with Crippen LogP contribution in [0.25, 0.3) is 0 Å². The number of hydrogen-bond acceptors (Lipinski definition) is 3. The van der Waals surface area contributed by atoms with Gasteiger partial charge in [-0.25, -0.2) is 0 Å². The lowest BCUT2D eigenvalue weighted by Crippen LogP contribution is -2.36. The summed E-state index contributed by atoms with van der Waals surface area (Å²) in [7, 11) is 0. The molecule has 0 bridgehead atoms. The zero-order chi connectivity index (χ0) is 15.8. The molecule has 0 rings (SSSR count). The summed E-state index contributed by atoms with van der Waals surface area (Å²) < 4.78 is 0. The van der Waals surface area contributed by atoms with Crippen molar-refractivity contribution in [1.29, 1.82) is 0 Å². The number of allylic oxidation sites excluding steroid dienone is 3. The monoisotopic (exact) mass is 297 g/mol. The van der Waals surface area contributed by atoms with Crippen LogP contribution in [0, 0.1) is 0 Å². The van der Waals surface area contributed by atoms with Crippen LogP contribution < -0.4 is 5.73 Å². The third-order valence-corrected chi connectivity index (χ3v) is 3.68. The molecule has 0 aromatic rings. The lowest BCUT2D eigenvalue weighted by Gasteiger charge is -2.11. The topological polar surface area (TPSA) is 66.5 Å². The smallest absolute Gasteiger partial charge is 0.0897 e. The summed E-state index contributed by atoms with van der Waals surface area (Å²) in [5.74, 6) is 0. The Hall–Kier alpha value is -0.640. The van der Waals surface area contributed by atoms with Crippen LogP contribution >= 0.6 is 0 Å². The fourth-order valence-corrected chi connectivity index (χ4v) is 2.18. The first-order valence-corrected chi connectivity index (χ1v) is 8.60. The fraction of sp³-hybridized carbons (Fsp3) is 0.778. The molecule has 3 heteroatoms. The highest BCUT2D eigenvalue weighted by molar-refractivity contribution is 5.06. The highest BCUT2D eigenvalue weighted by Crippen LogP contribution is 2.10. The summed E-state index contributed by atoms with van der Waals surface area (Å²) >= 11 is 0. The summed E-state index contributed by atoms with van der Waals surface area (Å²) in [5, 5.41) is 18.3. The van der Waals surface area contributed by atoms with Crippen LogP contribution in [0.2, 0.25) is 0 Å². The van der Waals surface area contributed by atoms with Crippen molar-refractivity contribution >= 4 is 0 Å². The molecule has 0 aliphatic rings. The molecule has 3 nitrogen and oxygen atoms in total. The lowest BCUT2D eigenvalue weighted by molar-refractivity contribution is 0.144. The van der Waals surface area contributed by atoms with Crippen molar-refractivity contribution in [3.63, 3.8) is 0 Å². The van der Waals surface area contributed by atoms with Crippen LogP contribution in [-0.2, 0) is 0 Å². The third kappa shape index (κ3) is 14.1. The van der Waals surface area contributed by atoms with Gasteiger partial charge in [0.1, 0.15) is 0 Å². The summed E-state index contributed by atoms with van der Waals surface area (Å²) in [5.41, 5.74) is 5.49. The van der Waals surface area contributed by atoms with Crippen molar-refractivity contribution in [3.05, 3.63) is 24.3 Å². The summed E-state index contributed by atoms with van der Waals surface area (Å²) in [6.07, 6.45) is 20.0. The van der Waals surface area contributed by atoms with Gasteiger partial charge in [0.2, 0.25) is 0 Å². The minimum absolute atomic E-state index is 0.201. The lowest BCUT2D eigenvalue weighted by atomic mass is 10.1. The Bertz CT molecular complexity index is 264. The predicted molar refractivity (Wildman–Crippen MR) is 91.2 cm³/mol. The molecular weight excluding hydrogens is 262 g/mol. The van der Waals surface area contributed by atoms with Crippen molar-refractivity contribution in [1.82, 2.24) is 0 Å². The van der Waals surface area contributed by atoms with Gasteiger partial charge >= 0.3 is 0 Å². The molecule has 0 saturated carbocycles. The maximum Gasteiger partial charge on any atom is 0.0897 e. The standard InChI is InChI=1S/C18H35NO2/c1-2-3-4-5-6-7-8-9-10-11-12-13-14-15-18(21)17(19)16-20/h12-15,17-18,20-21H,2-11,16,19H2,1H3/t17-,18+/m0/s1. The van der Waals surface area contributed by atoms with Gasteiger partial charge in [-0.05, 0) is 12.8 Å². The van der Waals surface area contributed by atoms with Crippen molar-refractivity contribution in [2.75, 3.05) is 6.61 Å². The van der Waals surface area contributed by atoms with Gasteiger partial charge in [0.15, 0.2) is 0 Å². The normalized spacial score (nSPS) is 15.0. The van der Waals surface area contributed by atoms with E-state index in [0.717, 1.165) is 6.42 Å². The van der Waals surface area contributed by atoms with E-state index in [9.17, 15) is 5.11 Å². The van der Waals surface area contributed by atoms with Crippen LogP contribution in [0.1, 0.15) is 71.1 Å². The first kappa shape index (κ1) is 20.4. The van der Waals surface area contributed by atoms with Crippen LogP contribution in [0.4, 0.5) is 0 Å². The molecule has 124 valence electrons. The van der Waals surface area contributed by atoms with E-state index >= 15 is 0 Å². The second-order valence-electron chi connectivity index (χ2n) is 5.77. The Labute approximate surface area is 130 Å². The Morgan fingerprint density at radius 3 is 2.05 bits per heavy atom. The summed E-state index contributed by atoms with van der Waals surface area (Å²) in [4.78, 5) is 0. The molecule has 0 unspecified atom stereocenters. The quantitative estimate of drug-likeness (QED) is 0.338. The minimum atomic E-state index is -0.771. The Morgan fingerprint density at radius 2 is 1.48 bits per heavy atom. The van der Waals surface area contributed by atoms with E-state index < -0.39 is 12.1 Å². The molecule has 0 fully saturated rings. The number of hydrogen-bond donors (Lipinski definition) is 3. The van der Waals surface area contributed by atoms with Crippen LogP contribution in [0.3, 0.4) is 0 Å². The second kappa shape index (κ2) is 15.7. The highest BCUT2D eigenvalue weighted by atomic mass is 16.3. The molecule has 0 aliphatic heterocycles. The average Bonchev–Trinajstić information content (AvgIpc) is 2.50. The van der Waals surface area contributed by atoms with E-state index in [4.69, 9.17) is 10.8 Å². The molecule has 0 aromatic carbocycles. The van der Waals surface area contributed by atoms with Crippen LogP contribution in [0.15, 0.2) is 24.3 Å². The van der Waals surface area contributed by atoms with Gasteiger partial charge in [0.25, 0.3) is 0 Å². The van der Waals surface area contributed by atoms with E-state index in [1.54, 1.807) is 12.2 Å². The molecule has 4 N–H and O–H groups in total. The molecule has 0 heterocycles. The number of unbranched alkanes of at least 4 members (excludes halogenated alkanes) is 9. The van der Waals surface area contributed by atoms with Crippen molar-refractivity contribution in [2.45, 2.75) is 83.3 Å². The van der Waals surface area contributed by atoms with Gasteiger partial charge in [-0.1, -0.05) is 82.6 Å². The molecular formula is C18H35NO2. The van der Waals surface area contributed by atoms with E-state index in [1.165, 1.54) is 57.8 Å². The Kier molecular flexibility index (Phi) is 15.3. The van der Waals surface area contributed by atoms with Gasteiger partial charge < -0.3 is 15.9 Å². The van der Waals surface area contributed by atoms with Gasteiger partial charge in [-0.2, -0.15) is 0 Å². The fourth-order valence-electron chi connectivity index (χ4n) is 2.18. The van der Waals surface area contributed by atoms with Crippen molar-refractivity contribution < 1.29 is 10.2 Å². The zero-order valence-corrected chi connectivity index (χ0v) is 13.7. The van der Waals surface area contributed by atoms with Gasteiger partial charge in [-0.15, -0.1) is 0 Å². The molecule has 0 aliphatic carbocycles. The molecule has 0 spiro atoms. The summed E-state index contributed by atoms with van der Waals surface area (Å²) in [6, 6.07) is -0.591. The van der Waals surface area contributed by atoms with E-state index in [2.05, 4.69) is 13.0 Å². The first-order chi connectivity index (χ1) is 10.2. The summed E-state index contributed by atoms with van der Waals surface area (Å²) in [6.45, 7) is 2.05. The third-order valence-electron chi connectivity index (χ3n) is 3.68. The number of nitrogens with two attached hydrogens (primary N) is 1. The molecule has 2 atom stereocenters. The van der Waals surface area contributed by atoms with E-state index in [-0.39, 0.29) is 6.61 Å². The van der Waals surface area contributed by atoms with E-state index in [1.807, 2.05) is 6.08 Å². The zero-order valence-electron chi connectivity index (χ0n) is 13.7. The Balaban J connectivity index is 3.34. The molecule has 0 aromatic heterocycles. The number of aliphatic hydroxyl groups is 2. The SMILES string of the molecule is CCCCCCCCCCCC=CC=C[C@@H](O)[C@@H](N)CO. The van der Waals surface area contributed by atoms with Crippen molar-refractivity contribution in [2.24, 2.45) is 5.73 Å². The first-order valence-electron chi connectivity index (χ1n) is 8.60. The van der Waals surface area contributed by atoms with Gasteiger partial charge in [0.05, 0.1) is 18.8 Å².